The largest absolute Gasteiger partial charge is 0.450 e. The van der Waals surface area contributed by atoms with Crippen LogP contribution in [0.1, 0.15) is 20.3 Å². The molecule has 17 heavy (non-hydrogen) atoms. The number of alkyl carbamates (subject to hydrolysis) is 1. The number of nitrogens with zero attached hydrogens (tertiary/aromatic N) is 1. The zero-order valence-corrected chi connectivity index (χ0v) is 10.4. The smallest absolute Gasteiger partial charge is 0.413 e. The number of carbonyl (C=O) groups is 2. The van der Waals surface area contributed by atoms with E-state index in [-0.39, 0.29) is 25.1 Å². The number of carbonyl (C=O) groups excluding carboxylic acids is 2. The molecule has 1 aliphatic heterocycles. The van der Waals surface area contributed by atoms with E-state index < -0.39 is 6.09 Å². The summed E-state index contributed by atoms with van der Waals surface area (Å²) in [6, 6.07) is 0.106. The number of hydrogen-bond donors (Lipinski definition) is 2. The van der Waals surface area contributed by atoms with Crippen molar-refractivity contribution in [2.75, 3.05) is 26.2 Å². The lowest BCUT2D eigenvalue weighted by Crippen LogP contribution is -2.50. The van der Waals surface area contributed by atoms with Gasteiger partial charge in [0, 0.05) is 19.1 Å². The molecule has 0 aromatic rings. The van der Waals surface area contributed by atoms with Crippen LogP contribution in [0, 0.1) is 5.92 Å². The summed E-state index contributed by atoms with van der Waals surface area (Å²) < 4.78 is 4.63. The molecular formula is C11H21N3O3. The fourth-order valence-corrected chi connectivity index (χ4v) is 2.17. The van der Waals surface area contributed by atoms with Crippen LogP contribution in [0.3, 0.4) is 0 Å². The highest BCUT2D eigenvalue weighted by Gasteiger charge is 2.24. The van der Waals surface area contributed by atoms with Crippen molar-refractivity contribution in [3.05, 3.63) is 0 Å². The second kappa shape index (κ2) is 6.56. The molecule has 2 unspecified atom stereocenters. The minimum absolute atomic E-state index is 0.106. The fourth-order valence-electron chi connectivity index (χ4n) is 2.17. The highest BCUT2D eigenvalue weighted by Crippen LogP contribution is 2.14. The number of likely N-dealkylation sites (tertiary alicyclic amines) is 1. The van der Waals surface area contributed by atoms with Crippen LogP contribution in [0.4, 0.5) is 4.79 Å². The van der Waals surface area contributed by atoms with E-state index in [9.17, 15) is 9.59 Å². The lowest BCUT2D eigenvalue weighted by atomic mass is 9.97. The van der Waals surface area contributed by atoms with Gasteiger partial charge in [-0.05, 0) is 19.3 Å². The Balaban J connectivity index is 2.32. The molecule has 98 valence electrons. The molecule has 1 fully saturated rings. The fraction of sp³-hybridized carbons (Fsp3) is 0.818. The molecule has 1 saturated heterocycles. The Labute approximate surface area is 101 Å². The first kappa shape index (κ1) is 13.9. The van der Waals surface area contributed by atoms with Crippen LogP contribution in [0.5, 0.6) is 0 Å². The van der Waals surface area contributed by atoms with Crippen LogP contribution >= 0.6 is 0 Å². The quantitative estimate of drug-likeness (QED) is 0.724. The van der Waals surface area contributed by atoms with Crippen molar-refractivity contribution in [2.24, 2.45) is 11.7 Å². The van der Waals surface area contributed by atoms with Gasteiger partial charge in [-0.15, -0.1) is 0 Å². The van der Waals surface area contributed by atoms with Crippen molar-refractivity contribution in [3.8, 4) is 0 Å². The molecular weight excluding hydrogens is 222 g/mol. The first-order valence-corrected chi connectivity index (χ1v) is 5.95. The molecule has 0 aromatic carbocycles. The minimum atomic E-state index is -0.688. The standard InChI is InChI=1S/C11H21N3O3/c1-3-17-11(16)13-10(15)7-14-5-8(2)4-9(12)6-14/h8-9H,3-7,12H2,1-2H3,(H,13,15,16). The Morgan fingerprint density at radius 2 is 2.18 bits per heavy atom. The maximum atomic E-state index is 11.5. The summed E-state index contributed by atoms with van der Waals surface area (Å²) in [4.78, 5) is 24.5. The van der Waals surface area contributed by atoms with Gasteiger partial charge in [-0.2, -0.15) is 0 Å². The van der Waals surface area contributed by atoms with E-state index in [1.165, 1.54) is 0 Å². The number of imide groups is 1. The molecule has 6 heteroatoms. The van der Waals surface area contributed by atoms with Gasteiger partial charge in [0.1, 0.15) is 0 Å². The number of rotatable bonds is 3. The van der Waals surface area contributed by atoms with Gasteiger partial charge in [0.15, 0.2) is 0 Å². The Kier molecular flexibility index (Phi) is 5.37. The molecule has 0 radical (unpaired) electrons. The lowest BCUT2D eigenvalue weighted by Gasteiger charge is -2.34. The summed E-state index contributed by atoms with van der Waals surface area (Å²) in [5, 5.41) is 2.18. The van der Waals surface area contributed by atoms with E-state index in [0.29, 0.717) is 12.5 Å². The van der Waals surface area contributed by atoms with Gasteiger partial charge in [0.2, 0.25) is 5.91 Å². The highest BCUT2D eigenvalue weighted by atomic mass is 16.5. The van der Waals surface area contributed by atoms with Crippen LogP contribution in [0.15, 0.2) is 0 Å². The van der Waals surface area contributed by atoms with Crippen LogP contribution in [-0.2, 0) is 9.53 Å². The summed E-state index contributed by atoms with van der Waals surface area (Å²) in [7, 11) is 0. The zero-order valence-electron chi connectivity index (χ0n) is 10.4. The minimum Gasteiger partial charge on any atom is -0.450 e. The summed E-state index contributed by atoms with van der Waals surface area (Å²) >= 11 is 0. The molecule has 2 amide bonds. The molecule has 0 saturated carbocycles. The van der Waals surface area contributed by atoms with Crippen LogP contribution in [0.25, 0.3) is 0 Å². The predicted octanol–water partition coefficient (Wildman–Crippen LogP) is -0.0718. The monoisotopic (exact) mass is 243 g/mol. The molecule has 1 rings (SSSR count). The summed E-state index contributed by atoms with van der Waals surface area (Å²) in [5.41, 5.74) is 5.88. The van der Waals surface area contributed by atoms with E-state index in [2.05, 4.69) is 17.0 Å². The molecule has 3 N–H and O–H groups in total. The lowest BCUT2D eigenvalue weighted by molar-refractivity contribution is -0.122. The van der Waals surface area contributed by atoms with Gasteiger partial charge in [0.05, 0.1) is 13.2 Å². The highest BCUT2D eigenvalue weighted by molar-refractivity contribution is 5.92. The number of nitrogens with two attached hydrogens (primary N) is 1. The SMILES string of the molecule is CCOC(=O)NC(=O)CN1CC(C)CC(N)C1. The molecule has 1 aliphatic rings. The van der Waals surface area contributed by atoms with Gasteiger partial charge in [0.25, 0.3) is 0 Å². The molecule has 0 aromatic heterocycles. The Morgan fingerprint density at radius 1 is 1.47 bits per heavy atom. The van der Waals surface area contributed by atoms with E-state index >= 15 is 0 Å². The van der Waals surface area contributed by atoms with Crippen LogP contribution in [0.2, 0.25) is 0 Å². The normalized spacial score (nSPS) is 25.4. The van der Waals surface area contributed by atoms with Crippen molar-refractivity contribution < 1.29 is 14.3 Å². The Morgan fingerprint density at radius 3 is 2.76 bits per heavy atom. The van der Waals surface area contributed by atoms with Crippen molar-refractivity contribution >= 4 is 12.0 Å². The van der Waals surface area contributed by atoms with Gasteiger partial charge < -0.3 is 10.5 Å². The topological polar surface area (TPSA) is 84.7 Å². The Bertz CT molecular complexity index is 273. The summed E-state index contributed by atoms with van der Waals surface area (Å²) in [6.07, 6.45) is 0.294. The van der Waals surface area contributed by atoms with Crippen molar-refractivity contribution in [3.63, 3.8) is 0 Å². The van der Waals surface area contributed by atoms with Crippen molar-refractivity contribution in [1.29, 1.82) is 0 Å². The van der Waals surface area contributed by atoms with Crippen molar-refractivity contribution in [2.45, 2.75) is 26.3 Å². The maximum Gasteiger partial charge on any atom is 0.413 e. The summed E-state index contributed by atoms with van der Waals surface area (Å²) in [6.45, 7) is 5.77. The number of piperidine rings is 1. The number of amides is 2. The van der Waals surface area contributed by atoms with Crippen LogP contribution in [-0.4, -0.2) is 49.2 Å². The molecule has 0 aliphatic carbocycles. The molecule has 2 atom stereocenters. The third-order valence-corrected chi connectivity index (χ3v) is 2.65. The van der Waals surface area contributed by atoms with Crippen LogP contribution < -0.4 is 11.1 Å². The van der Waals surface area contributed by atoms with E-state index in [1.54, 1.807) is 6.92 Å². The maximum absolute atomic E-state index is 11.5. The average Bonchev–Trinajstić information content (AvgIpc) is 2.14. The molecule has 6 nitrogen and oxygen atoms in total. The third kappa shape index (κ3) is 5.14. The Hall–Kier alpha value is -1.14. The predicted molar refractivity (Wildman–Crippen MR) is 63.4 cm³/mol. The van der Waals surface area contributed by atoms with E-state index in [0.717, 1.165) is 13.0 Å². The third-order valence-electron chi connectivity index (χ3n) is 2.65. The number of hydrogen-bond acceptors (Lipinski definition) is 5. The van der Waals surface area contributed by atoms with E-state index in [4.69, 9.17) is 5.73 Å². The number of ether oxygens (including phenoxy) is 1. The zero-order chi connectivity index (χ0) is 12.8. The van der Waals surface area contributed by atoms with Gasteiger partial charge >= 0.3 is 6.09 Å². The van der Waals surface area contributed by atoms with Crippen molar-refractivity contribution in [1.82, 2.24) is 10.2 Å². The molecule has 1 heterocycles. The van der Waals surface area contributed by atoms with Gasteiger partial charge in [-0.1, -0.05) is 6.92 Å². The average molecular weight is 243 g/mol. The number of nitrogens with one attached hydrogen (secondary N) is 1. The van der Waals surface area contributed by atoms with Gasteiger partial charge in [-0.3, -0.25) is 15.0 Å². The van der Waals surface area contributed by atoms with Gasteiger partial charge in [-0.25, -0.2) is 4.79 Å². The molecule has 0 bridgehead atoms. The van der Waals surface area contributed by atoms with E-state index in [1.807, 2.05) is 4.90 Å². The second-order valence-corrected chi connectivity index (χ2v) is 4.56. The molecule has 0 spiro atoms. The first-order chi connectivity index (χ1) is 8.01. The summed E-state index contributed by atoms with van der Waals surface area (Å²) in [5.74, 6) is 0.138. The first-order valence-electron chi connectivity index (χ1n) is 5.95. The second-order valence-electron chi connectivity index (χ2n) is 4.56.